The molecular weight excluding hydrogens is 178 g/mol. The van der Waals surface area contributed by atoms with Gasteiger partial charge in [0, 0.05) is 30.1 Å². The average molecular weight is 201 g/mol. The lowest BCUT2D eigenvalue weighted by Gasteiger charge is -2.38. The smallest absolute Gasteiger partial charge is 0.0172 e. The highest BCUT2D eigenvalue weighted by Gasteiger charge is 2.23. The maximum atomic E-state index is 2.66. The molecule has 1 saturated heterocycles. The van der Waals surface area contributed by atoms with E-state index in [2.05, 4.69) is 44.4 Å². The van der Waals surface area contributed by atoms with E-state index in [4.69, 9.17) is 0 Å². The van der Waals surface area contributed by atoms with Crippen LogP contribution in [0.15, 0.2) is 0 Å². The van der Waals surface area contributed by atoms with Crippen LogP contribution in [0.1, 0.15) is 34.1 Å². The van der Waals surface area contributed by atoms with E-state index in [-0.39, 0.29) is 0 Å². The summed E-state index contributed by atoms with van der Waals surface area (Å²) in [4.78, 5) is 2.66. The van der Waals surface area contributed by atoms with Gasteiger partial charge in [-0.2, -0.15) is 11.8 Å². The summed E-state index contributed by atoms with van der Waals surface area (Å²) < 4.78 is 0. The van der Waals surface area contributed by atoms with Crippen molar-refractivity contribution in [2.45, 2.75) is 45.4 Å². The van der Waals surface area contributed by atoms with Gasteiger partial charge in [0.15, 0.2) is 0 Å². The number of thioether (sulfide) groups is 1. The number of rotatable bonds is 3. The van der Waals surface area contributed by atoms with Crippen LogP contribution in [0.5, 0.6) is 0 Å². The maximum absolute atomic E-state index is 2.66. The van der Waals surface area contributed by atoms with Crippen LogP contribution < -0.4 is 0 Å². The van der Waals surface area contributed by atoms with Crippen molar-refractivity contribution in [1.29, 1.82) is 0 Å². The molecule has 1 heterocycles. The van der Waals surface area contributed by atoms with Gasteiger partial charge < -0.3 is 0 Å². The molecule has 0 spiro atoms. The standard InChI is InChI=1S/C11H23NS/c1-5-11-8-12(6-7-13-11)10(4)9(2)3/h9-11H,5-8H2,1-4H3. The molecule has 0 bridgehead atoms. The molecule has 0 N–H and O–H groups in total. The molecule has 0 aromatic rings. The maximum Gasteiger partial charge on any atom is 0.0172 e. The lowest BCUT2D eigenvalue weighted by atomic mass is 10.0. The second-order valence-corrected chi connectivity index (χ2v) is 5.79. The minimum atomic E-state index is 0.759. The fourth-order valence-corrected chi connectivity index (χ4v) is 2.99. The average Bonchev–Trinajstić information content (AvgIpc) is 2.16. The first-order chi connectivity index (χ1) is 6.15. The molecule has 2 atom stereocenters. The van der Waals surface area contributed by atoms with Gasteiger partial charge in [0.05, 0.1) is 0 Å². The van der Waals surface area contributed by atoms with E-state index in [1.54, 1.807) is 0 Å². The van der Waals surface area contributed by atoms with Crippen LogP contribution in [0, 0.1) is 5.92 Å². The highest BCUT2D eigenvalue weighted by atomic mass is 32.2. The number of hydrogen-bond acceptors (Lipinski definition) is 2. The van der Waals surface area contributed by atoms with E-state index in [0.29, 0.717) is 0 Å². The molecule has 13 heavy (non-hydrogen) atoms. The van der Waals surface area contributed by atoms with Crippen LogP contribution in [0.2, 0.25) is 0 Å². The number of nitrogens with zero attached hydrogens (tertiary/aromatic N) is 1. The second-order valence-electron chi connectivity index (χ2n) is 4.38. The largest absolute Gasteiger partial charge is 0.298 e. The molecule has 0 amide bonds. The first-order valence-electron chi connectivity index (χ1n) is 5.50. The molecular formula is C11H23NS. The third-order valence-corrected chi connectivity index (χ3v) is 4.54. The summed E-state index contributed by atoms with van der Waals surface area (Å²) in [6.45, 7) is 11.9. The molecule has 1 nitrogen and oxygen atoms in total. The van der Waals surface area contributed by atoms with E-state index in [1.165, 1.54) is 25.3 Å². The van der Waals surface area contributed by atoms with Gasteiger partial charge in [-0.25, -0.2) is 0 Å². The van der Waals surface area contributed by atoms with E-state index in [1.807, 2.05) is 0 Å². The first kappa shape index (κ1) is 11.4. The van der Waals surface area contributed by atoms with Gasteiger partial charge in [0.1, 0.15) is 0 Å². The van der Waals surface area contributed by atoms with Crippen molar-refractivity contribution in [1.82, 2.24) is 4.90 Å². The Morgan fingerprint density at radius 1 is 1.38 bits per heavy atom. The van der Waals surface area contributed by atoms with Crippen molar-refractivity contribution < 1.29 is 0 Å². The van der Waals surface area contributed by atoms with Crippen LogP contribution in [-0.4, -0.2) is 35.0 Å². The quantitative estimate of drug-likeness (QED) is 0.691. The third-order valence-electron chi connectivity index (χ3n) is 3.17. The van der Waals surface area contributed by atoms with Crippen molar-refractivity contribution in [3.8, 4) is 0 Å². The molecule has 0 aromatic carbocycles. The van der Waals surface area contributed by atoms with Gasteiger partial charge in [-0.3, -0.25) is 4.90 Å². The van der Waals surface area contributed by atoms with Crippen LogP contribution in [0.25, 0.3) is 0 Å². The Hall–Kier alpha value is 0.310. The van der Waals surface area contributed by atoms with Gasteiger partial charge in [-0.15, -0.1) is 0 Å². The Labute approximate surface area is 87.3 Å². The lowest BCUT2D eigenvalue weighted by Crippen LogP contribution is -2.45. The van der Waals surface area contributed by atoms with Crippen molar-refractivity contribution in [3.63, 3.8) is 0 Å². The summed E-state index contributed by atoms with van der Waals surface area (Å²) in [5.74, 6) is 2.12. The summed E-state index contributed by atoms with van der Waals surface area (Å²) in [5.41, 5.74) is 0. The van der Waals surface area contributed by atoms with Crippen LogP contribution in [0.3, 0.4) is 0 Å². The highest BCUT2D eigenvalue weighted by Crippen LogP contribution is 2.24. The number of hydrogen-bond donors (Lipinski definition) is 0. The summed E-state index contributed by atoms with van der Waals surface area (Å²) in [6, 6.07) is 0.759. The fourth-order valence-electron chi connectivity index (χ4n) is 1.78. The van der Waals surface area contributed by atoms with Crippen molar-refractivity contribution >= 4 is 11.8 Å². The zero-order chi connectivity index (χ0) is 9.84. The monoisotopic (exact) mass is 201 g/mol. The second kappa shape index (κ2) is 5.26. The topological polar surface area (TPSA) is 3.24 Å². The van der Waals surface area contributed by atoms with E-state index >= 15 is 0 Å². The molecule has 2 heteroatoms. The predicted octanol–water partition coefficient (Wildman–Crippen LogP) is 2.86. The third kappa shape index (κ3) is 3.17. The van der Waals surface area contributed by atoms with Gasteiger partial charge in [-0.05, 0) is 19.3 Å². The predicted molar refractivity (Wildman–Crippen MR) is 62.4 cm³/mol. The molecule has 0 radical (unpaired) electrons. The minimum absolute atomic E-state index is 0.759. The minimum Gasteiger partial charge on any atom is -0.298 e. The van der Waals surface area contributed by atoms with Crippen LogP contribution >= 0.6 is 11.8 Å². The molecule has 78 valence electrons. The van der Waals surface area contributed by atoms with Crippen LogP contribution in [-0.2, 0) is 0 Å². The molecule has 0 aliphatic carbocycles. The Morgan fingerprint density at radius 2 is 2.08 bits per heavy atom. The molecule has 2 unspecified atom stereocenters. The first-order valence-corrected chi connectivity index (χ1v) is 6.55. The fraction of sp³-hybridized carbons (Fsp3) is 1.00. The van der Waals surface area contributed by atoms with Gasteiger partial charge in [-0.1, -0.05) is 20.8 Å². The zero-order valence-electron chi connectivity index (χ0n) is 9.42. The molecule has 0 aromatic heterocycles. The Morgan fingerprint density at radius 3 is 2.62 bits per heavy atom. The molecule has 1 aliphatic rings. The van der Waals surface area contributed by atoms with Crippen molar-refractivity contribution in [2.75, 3.05) is 18.8 Å². The van der Waals surface area contributed by atoms with E-state index in [0.717, 1.165) is 17.2 Å². The Balaban J connectivity index is 2.41. The summed E-state index contributed by atoms with van der Waals surface area (Å²) in [6.07, 6.45) is 1.33. The summed E-state index contributed by atoms with van der Waals surface area (Å²) >= 11 is 2.15. The summed E-state index contributed by atoms with van der Waals surface area (Å²) in [5, 5.41) is 0.884. The molecule has 1 fully saturated rings. The lowest BCUT2D eigenvalue weighted by molar-refractivity contribution is 0.173. The molecule has 1 rings (SSSR count). The summed E-state index contributed by atoms with van der Waals surface area (Å²) in [7, 11) is 0. The Kier molecular flexibility index (Phi) is 4.60. The van der Waals surface area contributed by atoms with Crippen LogP contribution in [0.4, 0.5) is 0 Å². The molecule has 1 aliphatic heterocycles. The van der Waals surface area contributed by atoms with Gasteiger partial charge in [0.25, 0.3) is 0 Å². The van der Waals surface area contributed by atoms with Crippen molar-refractivity contribution in [3.05, 3.63) is 0 Å². The SMILES string of the molecule is CCC1CN(C(C)C(C)C)CCS1. The normalized spacial score (nSPS) is 27.9. The molecule has 0 saturated carbocycles. The Bertz CT molecular complexity index is 147. The van der Waals surface area contributed by atoms with Crippen molar-refractivity contribution in [2.24, 2.45) is 5.92 Å². The van der Waals surface area contributed by atoms with E-state index in [9.17, 15) is 0 Å². The zero-order valence-corrected chi connectivity index (χ0v) is 10.2. The van der Waals surface area contributed by atoms with Gasteiger partial charge in [0.2, 0.25) is 0 Å². The van der Waals surface area contributed by atoms with Gasteiger partial charge >= 0.3 is 0 Å². The highest BCUT2D eigenvalue weighted by molar-refractivity contribution is 8.00. The van der Waals surface area contributed by atoms with E-state index < -0.39 is 0 Å².